The van der Waals surface area contributed by atoms with E-state index in [1.54, 1.807) is 19.9 Å². The lowest BCUT2D eigenvalue weighted by atomic mass is 10.2. The van der Waals surface area contributed by atoms with Crippen LogP contribution in [0.3, 0.4) is 0 Å². The number of nitrogen functional groups attached to an aromatic ring is 1. The molecule has 0 bridgehead atoms. The van der Waals surface area contributed by atoms with Crippen molar-refractivity contribution in [3.05, 3.63) is 23.5 Å². The predicted molar refractivity (Wildman–Crippen MR) is 76.1 cm³/mol. The largest absolute Gasteiger partial charge is 0.491 e. The molecule has 0 unspecified atom stereocenters. The molecular formula is C15H22FNO3. The minimum atomic E-state index is -0.445. The summed E-state index contributed by atoms with van der Waals surface area (Å²) in [5.41, 5.74) is 6.81. The summed E-state index contributed by atoms with van der Waals surface area (Å²) in [5.74, 6) is -0.393. The summed E-state index contributed by atoms with van der Waals surface area (Å²) in [4.78, 5) is 11.1. The summed E-state index contributed by atoms with van der Waals surface area (Å²) in [7, 11) is 0. The third-order valence-electron chi connectivity index (χ3n) is 2.91. The highest BCUT2D eigenvalue weighted by molar-refractivity contribution is 5.69. The number of benzene rings is 1. The molecule has 2 N–H and O–H groups in total. The van der Waals surface area contributed by atoms with Crippen molar-refractivity contribution >= 4 is 11.7 Å². The van der Waals surface area contributed by atoms with Gasteiger partial charge in [-0.3, -0.25) is 4.79 Å². The molecule has 112 valence electrons. The molecule has 0 radical (unpaired) electrons. The second-order valence-electron chi connectivity index (χ2n) is 4.60. The first-order chi connectivity index (χ1) is 9.54. The van der Waals surface area contributed by atoms with Gasteiger partial charge in [0.2, 0.25) is 0 Å². The van der Waals surface area contributed by atoms with E-state index in [9.17, 15) is 9.18 Å². The Morgan fingerprint density at radius 3 is 2.75 bits per heavy atom. The van der Waals surface area contributed by atoms with Gasteiger partial charge in [-0.15, -0.1) is 0 Å². The van der Waals surface area contributed by atoms with Crippen LogP contribution in [0.2, 0.25) is 0 Å². The fraction of sp³-hybridized carbons (Fsp3) is 0.533. The van der Waals surface area contributed by atoms with Crippen molar-refractivity contribution in [1.82, 2.24) is 0 Å². The minimum Gasteiger partial charge on any atom is -0.491 e. The number of carbonyl (C=O) groups excluding carboxylic acids is 1. The van der Waals surface area contributed by atoms with Crippen LogP contribution in [-0.2, 0) is 9.53 Å². The summed E-state index contributed by atoms with van der Waals surface area (Å²) in [5, 5.41) is 0. The van der Waals surface area contributed by atoms with Crippen LogP contribution in [0.5, 0.6) is 5.75 Å². The average Bonchev–Trinajstić information content (AvgIpc) is 2.39. The van der Waals surface area contributed by atoms with Crippen molar-refractivity contribution in [3.8, 4) is 5.75 Å². The molecule has 0 atom stereocenters. The Kier molecular flexibility index (Phi) is 6.84. The highest BCUT2D eigenvalue weighted by atomic mass is 19.1. The molecule has 0 aliphatic rings. The van der Waals surface area contributed by atoms with Gasteiger partial charge in [0.15, 0.2) is 11.6 Å². The standard InChI is InChI=1S/C15H22FNO3/c1-3-19-15(18)7-5-4-6-8-20-14-9-11(2)13(17)10-12(14)16/h9-10H,3-8,17H2,1-2H3. The number of ether oxygens (including phenoxy) is 2. The van der Waals surface area contributed by atoms with Crippen molar-refractivity contribution < 1.29 is 18.7 Å². The lowest BCUT2D eigenvalue weighted by Gasteiger charge is -2.09. The van der Waals surface area contributed by atoms with Gasteiger partial charge in [-0.25, -0.2) is 4.39 Å². The van der Waals surface area contributed by atoms with E-state index in [2.05, 4.69) is 0 Å². The van der Waals surface area contributed by atoms with Crippen LogP contribution >= 0.6 is 0 Å². The van der Waals surface area contributed by atoms with E-state index in [1.807, 2.05) is 0 Å². The molecule has 5 heteroatoms. The van der Waals surface area contributed by atoms with E-state index < -0.39 is 5.82 Å². The van der Waals surface area contributed by atoms with Crippen LogP contribution in [0.15, 0.2) is 12.1 Å². The molecule has 0 saturated carbocycles. The predicted octanol–water partition coefficient (Wildman–Crippen LogP) is 3.22. The zero-order chi connectivity index (χ0) is 15.0. The maximum absolute atomic E-state index is 13.5. The fourth-order valence-electron chi connectivity index (χ4n) is 1.74. The Bertz CT molecular complexity index is 449. The van der Waals surface area contributed by atoms with Crippen LogP contribution in [0.1, 0.15) is 38.2 Å². The molecule has 0 saturated heterocycles. The molecule has 0 aliphatic heterocycles. The smallest absolute Gasteiger partial charge is 0.305 e. The van der Waals surface area contributed by atoms with Crippen molar-refractivity contribution in [2.24, 2.45) is 0 Å². The van der Waals surface area contributed by atoms with E-state index in [4.69, 9.17) is 15.2 Å². The number of unbranched alkanes of at least 4 members (excludes halogenated alkanes) is 2. The number of aryl methyl sites for hydroxylation is 1. The lowest BCUT2D eigenvalue weighted by Crippen LogP contribution is -2.04. The molecule has 1 aromatic rings. The molecule has 0 aliphatic carbocycles. The summed E-state index contributed by atoms with van der Waals surface area (Å²) in [6.07, 6.45) is 2.78. The van der Waals surface area contributed by atoms with Gasteiger partial charge >= 0.3 is 5.97 Å². The minimum absolute atomic E-state index is 0.173. The fourth-order valence-corrected chi connectivity index (χ4v) is 1.74. The summed E-state index contributed by atoms with van der Waals surface area (Å²) in [6.45, 7) is 4.43. The van der Waals surface area contributed by atoms with Gasteiger partial charge in [0, 0.05) is 18.2 Å². The summed E-state index contributed by atoms with van der Waals surface area (Å²) >= 11 is 0. The number of esters is 1. The lowest BCUT2D eigenvalue weighted by molar-refractivity contribution is -0.143. The van der Waals surface area contributed by atoms with Crippen LogP contribution in [0.4, 0.5) is 10.1 Å². The van der Waals surface area contributed by atoms with Crippen LogP contribution in [0, 0.1) is 12.7 Å². The first-order valence-corrected chi connectivity index (χ1v) is 6.88. The maximum atomic E-state index is 13.5. The normalized spacial score (nSPS) is 10.3. The third kappa shape index (κ3) is 5.47. The SMILES string of the molecule is CCOC(=O)CCCCCOc1cc(C)c(N)cc1F. The highest BCUT2D eigenvalue weighted by Gasteiger charge is 2.06. The van der Waals surface area contributed by atoms with Crippen molar-refractivity contribution in [3.63, 3.8) is 0 Å². The molecule has 0 aromatic heterocycles. The molecule has 0 spiro atoms. The Balaban J connectivity index is 2.22. The molecule has 0 heterocycles. The van der Waals surface area contributed by atoms with Crippen molar-refractivity contribution in [2.75, 3.05) is 18.9 Å². The second kappa shape index (κ2) is 8.40. The monoisotopic (exact) mass is 283 g/mol. The molecule has 0 amide bonds. The Morgan fingerprint density at radius 2 is 2.05 bits per heavy atom. The summed E-state index contributed by atoms with van der Waals surface area (Å²) < 4.78 is 23.7. The number of hydrogen-bond donors (Lipinski definition) is 1. The molecule has 0 fully saturated rings. The first kappa shape index (κ1) is 16.3. The van der Waals surface area contributed by atoms with Gasteiger partial charge < -0.3 is 15.2 Å². The molecule has 20 heavy (non-hydrogen) atoms. The average molecular weight is 283 g/mol. The van der Waals surface area contributed by atoms with E-state index in [0.29, 0.717) is 25.3 Å². The maximum Gasteiger partial charge on any atom is 0.305 e. The first-order valence-electron chi connectivity index (χ1n) is 6.88. The van der Waals surface area contributed by atoms with Crippen molar-refractivity contribution in [1.29, 1.82) is 0 Å². The number of hydrogen-bond acceptors (Lipinski definition) is 4. The van der Waals surface area contributed by atoms with E-state index in [0.717, 1.165) is 24.8 Å². The Hall–Kier alpha value is -1.78. The topological polar surface area (TPSA) is 61.5 Å². The number of carbonyl (C=O) groups is 1. The van der Waals surface area contributed by atoms with Gasteiger partial charge in [0.1, 0.15) is 0 Å². The molecule has 1 rings (SSSR count). The van der Waals surface area contributed by atoms with E-state index in [1.165, 1.54) is 6.07 Å². The van der Waals surface area contributed by atoms with Gasteiger partial charge in [-0.1, -0.05) is 0 Å². The van der Waals surface area contributed by atoms with Gasteiger partial charge in [-0.2, -0.15) is 0 Å². The van der Waals surface area contributed by atoms with E-state index >= 15 is 0 Å². The zero-order valence-electron chi connectivity index (χ0n) is 12.1. The van der Waals surface area contributed by atoms with Gasteiger partial charge in [0.25, 0.3) is 0 Å². The molecule has 1 aromatic carbocycles. The van der Waals surface area contributed by atoms with Gasteiger partial charge in [0.05, 0.1) is 13.2 Å². The Labute approximate surface area is 119 Å². The molecular weight excluding hydrogens is 261 g/mol. The summed E-state index contributed by atoms with van der Waals surface area (Å²) in [6, 6.07) is 2.87. The number of halogens is 1. The quantitative estimate of drug-likeness (QED) is 0.452. The van der Waals surface area contributed by atoms with Gasteiger partial charge in [-0.05, 0) is 44.7 Å². The van der Waals surface area contributed by atoms with Crippen LogP contribution in [-0.4, -0.2) is 19.2 Å². The zero-order valence-corrected chi connectivity index (χ0v) is 12.1. The second-order valence-corrected chi connectivity index (χ2v) is 4.60. The number of anilines is 1. The van der Waals surface area contributed by atoms with Crippen molar-refractivity contribution in [2.45, 2.75) is 39.5 Å². The number of rotatable bonds is 8. The highest BCUT2D eigenvalue weighted by Crippen LogP contribution is 2.23. The Morgan fingerprint density at radius 1 is 1.30 bits per heavy atom. The number of nitrogens with two attached hydrogens (primary N) is 1. The molecule has 4 nitrogen and oxygen atoms in total. The third-order valence-corrected chi connectivity index (χ3v) is 2.91. The van der Waals surface area contributed by atoms with E-state index in [-0.39, 0.29) is 11.7 Å². The van der Waals surface area contributed by atoms with Crippen LogP contribution in [0.25, 0.3) is 0 Å². The van der Waals surface area contributed by atoms with Crippen LogP contribution < -0.4 is 10.5 Å².